The van der Waals surface area contributed by atoms with E-state index in [0.29, 0.717) is 12.0 Å². The molecule has 4 heteroatoms. The molecule has 0 fully saturated rings. The summed E-state index contributed by atoms with van der Waals surface area (Å²) in [6.45, 7) is 0. The van der Waals surface area contributed by atoms with Gasteiger partial charge >= 0.3 is 0 Å². The maximum Gasteiger partial charge on any atom is 0.278 e. The Bertz CT molecular complexity index is 986. The highest BCUT2D eigenvalue weighted by atomic mass is 15.4. The quantitative estimate of drug-likeness (QED) is 0.522. The van der Waals surface area contributed by atoms with Crippen molar-refractivity contribution in [3.05, 3.63) is 108 Å². The summed E-state index contributed by atoms with van der Waals surface area (Å²) in [6.07, 6.45) is 6.00. The zero-order chi connectivity index (χ0) is 18.1. The van der Waals surface area contributed by atoms with Gasteiger partial charge in [-0.15, -0.1) is 0 Å². The van der Waals surface area contributed by atoms with Crippen molar-refractivity contribution in [1.82, 2.24) is 14.8 Å². The van der Waals surface area contributed by atoms with Gasteiger partial charge in [0, 0.05) is 29.7 Å². The smallest absolute Gasteiger partial charge is 0.230 e. The maximum atomic E-state index is 4.80. The van der Waals surface area contributed by atoms with Crippen molar-refractivity contribution in [2.75, 3.05) is 0 Å². The molecule has 2 aromatic carbocycles. The van der Waals surface area contributed by atoms with Crippen LogP contribution in [0.15, 0.2) is 91.4 Å². The Balaban J connectivity index is 1.58. The molecule has 0 aliphatic carbocycles. The highest BCUT2D eigenvalue weighted by molar-refractivity contribution is 5.33. The molecule has 0 N–H and O–H groups in total. The van der Waals surface area contributed by atoms with Crippen LogP contribution in [-0.2, 0) is 6.42 Å². The molecule has 4 aromatic rings. The zero-order valence-electron chi connectivity index (χ0n) is 15.0. The van der Waals surface area contributed by atoms with Crippen molar-refractivity contribution >= 4 is 0 Å². The molecule has 132 valence electrons. The van der Waals surface area contributed by atoms with Crippen LogP contribution >= 0.6 is 0 Å². The number of nitrogens with zero attached hydrogens (tertiary/aromatic N) is 4. The van der Waals surface area contributed by atoms with Crippen LogP contribution in [-0.4, -0.2) is 14.8 Å². The molecule has 0 bridgehead atoms. The predicted molar refractivity (Wildman–Crippen MR) is 104 cm³/mol. The van der Waals surface area contributed by atoms with Crippen LogP contribution in [0.25, 0.3) is 5.82 Å². The van der Waals surface area contributed by atoms with E-state index in [1.807, 2.05) is 22.9 Å². The van der Waals surface area contributed by atoms with E-state index in [4.69, 9.17) is 5.10 Å². The summed E-state index contributed by atoms with van der Waals surface area (Å²) in [5.74, 6) is 2.29. The second kappa shape index (κ2) is 6.80. The molecule has 5 rings (SSSR count). The molecule has 0 radical (unpaired) electrons. The Morgan fingerprint density at radius 1 is 0.852 bits per heavy atom. The van der Waals surface area contributed by atoms with Gasteiger partial charge in [0.15, 0.2) is 0 Å². The second-order valence-electron chi connectivity index (χ2n) is 6.98. The Morgan fingerprint density at radius 3 is 2.15 bits per heavy atom. The zero-order valence-corrected chi connectivity index (χ0v) is 15.0. The van der Waals surface area contributed by atoms with Crippen LogP contribution in [0.4, 0.5) is 0 Å². The molecule has 0 amide bonds. The van der Waals surface area contributed by atoms with E-state index in [0.717, 1.165) is 24.5 Å². The van der Waals surface area contributed by atoms with Crippen LogP contribution in [0, 0.1) is 0 Å². The average molecular weight is 353 g/mol. The van der Waals surface area contributed by atoms with Crippen LogP contribution in [0.2, 0.25) is 0 Å². The molecule has 1 atom stereocenters. The van der Waals surface area contributed by atoms with Crippen LogP contribution in [0.5, 0.6) is 0 Å². The Morgan fingerprint density at radius 2 is 1.52 bits per heavy atom. The molecule has 27 heavy (non-hydrogen) atoms. The Hall–Kier alpha value is -3.27. The van der Waals surface area contributed by atoms with Gasteiger partial charge in [0.1, 0.15) is 0 Å². The van der Waals surface area contributed by atoms with Crippen molar-refractivity contribution < 1.29 is 4.57 Å². The first-order valence-electron chi connectivity index (χ1n) is 9.41. The first-order valence-corrected chi connectivity index (χ1v) is 9.41. The van der Waals surface area contributed by atoms with Gasteiger partial charge in [0.25, 0.3) is 5.82 Å². The van der Waals surface area contributed by atoms with Gasteiger partial charge in [0.2, 0.25) is 12.1 Å². The highest BCUT2D eigenvalue weighted by Gasteiger charge is 2.38. The van der Waals surface area contributed by atoms with Crippen molar-refractivity contribution in [3.8, 4) is 5.82 Å². The van der Waals surface area contributed by atoms with E-state index < -0.39 is 0 Å². The van der Waals surface area contributed by atoms with Crippen molar-refractivity contribution in [2.45, 2.75) is 24.8 Å². The van der Waals surface area contributed by atoms with Crippen LogP contribution in [0.3, 0.4) is 0 Å². The average Bonchev–Trinajstić information content (AvgIpc) is 3.33. The third kappa shape index (κ3) is 2.93. The molecule has 0 saturated heterocycles. The molecule has 1 aliphatic heterocycles. The first kappa shape index (κ1) is 15.9. The summed E-state index contributed by atoms with van der Waals surface area (Å²) < 4.78 is 4.24. The number of pyridine rings is 1. The third-order valence-electron chi connectivity index (χ3n) is 5.36. The topological polar surface area (TPSA) is 34.6 Å². The van der Waals surface area contributed by atoms with Crippen molar-refractivity contribution in [1.29, 1.82) is 0 Å². The summed E-state index contributed by atoms with van der Waals surface area (Å²) in [5.41, 5.74) is 2.69. The number of hydrogen-bond acceptors (Lipinski definition) is 2. The second-order valence-corrected chi connectivity index (χ2v) is 6.98. The summed E-state index contributed by atoms with van der Waals surface area (Å²) in [5, 5.41) is 4.80. The highest BCUT2D eigenvalue weighted by Crippen LogP contribution is 2.37. The molecule has 0 unspecified atom stereocenters. The fourth-order valence-electron chi connectivity index (χ4n) is 4.14. The van der Waals surface area contributed by atoms with Gasteiger partial charge in [-0.25, -0.2) is 9.55 Å². The largest absolute Gasteiger partial charge is 0.278 e. The lowest BCUT2D eigenvalue weighted by Crippen LogP contribution is -2.40. The number of aryl methyl sites for hydroxylation is 1. The molecule has 0 spiro atoms. The summed E-state index contributed by atoms with van der Waals surface area (Å²) >= 11 is 0. The molecule has 1 aliphatic rings. The van der Waals surface area contributed by atoms with E-state index in [1.54, 1.807) is 6.20 Å². The van der Waals surface area contributed by atoms with E-state index in [1.165, 1.54) is 11.1 Å². The Labute approximate surface area is 158 Å². The van der Waals surface area contributed by atoms with Gasteiger partial charge in [-0.05, 0) is 23.6 Å². The number of hydrogen-bond donors (Lipinski definition) is 0. The van der Waals surface area contributed by atoms with E-state index in [-0.39, 0.29) is 0 Å². The maximum absolute atomic E-state index is 4.80. The molecule has 2 aromatic heterocycles. The number of rotatable bonds is 4. The van der Waals surface area contributed by atoms with Gasteiger partial charge < -0.3 is 0 Å². The predicted octanol–water partition coefficient (Wildman–Crippen LogP) is 3.87. The third-order valence-corrected chi connectivity index (χ3v) is 5.36. The molecule has 3 heterocycles. The minimum atomic E-state index is 0.306. The first-order chi connectivity index (χ1) is 13.4. The monoisotopic (exact) mass is 353 g/mol. The standard InChI is InChI=1S/C23H21N4/c1-3-9-18(10-4-1)23(19-11-5-2-6-12-19)20-14-15-22-25-27(17-26(20)22)21-13-7-8-16-24-21/h1-13,16-17,20,23H,14-15H2/q+1/t20-/m0/s1. The van der Waals surface area contributed by atoms with Gasteiger partial charge in [0.05, 0.1) is 6.04 Å². The molecular formula is C23H21N4+. The summed E-state index contributed by atoms with van der Waals surface area (Å²) in [4.78, 5) is 4.44. The summed E-state index contributed by atoms with van der Waals surface area (Å²) in [6, 6.07) is 27.9. The van der Waals surface area contributed by atoms with Crippen molar-refractivity contribution in [2.24, 2.45) is 0 Å². The number of aromatic nitrogens is 4. The fourth-order valence-corrected chi connectivity index (χ4v) is 4.14. The lowest BCUT2D eigenvalue weighted by atomic mass is 9.84. The van der Waals surface area contributed by atoms with E-state index in [9.17, 15) is 0 Å². The lowest BCUT2D eigenvalue weighted by Gasteiger charge is -2.23. The lowest BCUT2D eigenvalue weighted by molar-refractivity contribution is -0.718. The van der Waals surface area contributed by atoms with Crippen molar-refractivity contribution in [3.63, 3.8) is 0 Å². The molecule has 0 saturated carbocycles. The van der Waals surface area contributed by atoms with E-state index in [2.05, 4.69) is 76.5 Å². The minimum absolute atomic E-state index is 0.306. The van der Waals surface area contributed by atoms with E-state index >= 15 is 0 Å². The fraction of sp³-hybridized carbons (Fsp3) is 0.174. The van der Waals surface area contributed by atoms with Gasteiger partial charge in [-0.2, -0.15) is 0 Å². The SMILES string of the molecule is c1ccc(C(c2ccccc2)[C@@H]2CCc3nn(-c4ccccn4)c[n+]32)cc1. The summed E-state index contributed by atoms with van der Waals surface area (Å²) in [7, 11) is 0. The normalized spacial score (nSPS) is 15.8. The number of fused-ring (bicyclic) bond motifs is 1. The Kier molecular flexibility index (Phi) is 4.02. The van der Waals surface area contributed by atoms with Gasteiger partial charge in [-0.1, -0.05) is 71.4 Å². The van der Waals surface area contributed by atoms with Gasteiger partial charge in [-0.3, -0.25) is 0 Å². The molecule has 4 nitrogen and oxygen atoms in total. The minimum Gasteiger partial charge on any atom is -0.230 e. The molecular weight excluding hydrogens is 332 g/mol. The van der Waals surface area contributed by atoms with Crippen LogP contribution in [0.1, 0.15) is 35.3 Å². The van der Waals surface area contributed by atoms with Crippen LogP contribution < -0.4 is 4.57 Å². The number of benzene rings is 2.